The van der Waals surface area contributed by atoms with Gasteiger partial charge in [-0.3, -0.25) is 0 Å². The predicted octanol–water partition coefficient (Wildman–Crippen LogP) is 12.7. The molecule has 48 heavy (non-hydrogen) atoms. The number of aromatic nitrogens is 1. The Morgan fingerprint density at radius 2 is 1.02 bits per heavy atom. The van der Waals surface area contributed by atoms with Gasteiger partial charge in [0.2, 0.25) is 0 Å². The smallest absolute Gasteiger partial charge is 0.0651 e. The maximum Gasteiger partial charge on any atom is 0.0651 e. The third-order valence-corrected chi connectivity index (χ3v) is 7.06. The van der Waals surface area contributed by atoms with Crippen LogP contribution in [0.25, 0.3) is 60.5 Å². The summed E-state index contributed by atoms with van der Waals surface area (Å²) in [7, 11) is 0. The van der Waals surface area contributed by atoms with Gasteiger partial charge in [0.05, 0.1) is 60.6 Å². The minimum absolute atomic E-state index is 0.312. The first-order valence-electron chi connectivity index (χ1n) is 29.8. The van der Waals surface area contributed by atoms with Crippen LogP contribution < -0.4 is 4.90 Å². The van der Waals surface area contributed by atoms with Crippen LogP contribution in [0, 0.1) is 0 Å². The molecule has 0 spiro atoms. The van der Waals surface area contributed by atoms with Gasteiger partial charge in [-0.2, -0.15) is 0 Å². The number of anilines is 3. The Balaban J connectivity index is 1.47. The van der Waals surface area contributed by atoms with E-state index < -0.39 is 271 Å². The molecule has 226 valence electrons. The average molecular weight is 645 g/mol. The highest BCUT2D eigenvalue weighted by Gasteiger charge is 2.18. The lowest BCUT2D eigenvalue weighted by molar-refractivity contribution is 1.19. The van der Waals surface area contributed by atoms with Crippen LogP contribution in [0.4, 0.5) is 17.1 Å². The second kappa shape index (κ2) is 11.8. The highest BCUT2D eigenvalue weighted by Crippen LogP contribution is 2.41. The maximum atomic E-state index is 9.76. The zero-order chi connectivity index (χ0) is 59.7. The van der Waals surface area contributed by atoms with E-state index >= 15 is 0 Å². The molecule has 0 atom stereocenters. The van der Waals surface area contributed by atoms with Crippen LogP contribution in [0.15, 0.2) is 193 Å². The molecule has 1 heterocycles. The fourth-order valence-corrected chi connectivity index (χ4v) is 5.01. The van der Waals surface area contributed by atoms with Gasteiger partial charge in [0.25, 0.3) is 0 Å². The molecule has 0 fully saturated rings. The van der Waals surface area contributed by atoms with Gasteiger partial charge in [-0.05, 0) is 87.9 Å². The second-order valence-electron chi connectivity index (χ2n) is 9.76. The molecule has 0 aliphatic carbocycles. The SMILES string of the molecule is [2H]c1c([2H])c([2H])c(-c2c([2H])c([2H])c([2H])c([2H])c2N(c2c([2H])c([2H])c([2H])c([2H])c2[2H])c2c([2H])c([2H])c(-c3c([2H])c([2H])c4c(c3[2H])c3c([2H])c([2H])c([2H])c([2H])c3n4-c3c([2H])c([2H])c4c([2H])c([2H])c([2H])c([2H])c4c3[2H])c([2H])c2[2H])c([2H])c1[2H]. The van der Waals surface area contributed by atoms with Crippen molar-refractivity contribution < 1.29 is 43.9 Å². The third kappa shape index (κ3) is 4.83. The zero-order valence-electron chi connectivity index (χ0n) is 55.9. The first kappa shape index (κ1) is 10.3. The summed E-state index contributed by atoms with van der Waals surface area (Å²) in [6, 6.07) is -33.8. The van der Waals surface area contributed by atoms with E-state index in [-0.39, 0.29) is 0 Å². The van der Waals surface area contributed by atoms with E-state index in [4.69, 9.17) is 31.5 Å². The van der Waals surface area contributed by atoms with Crippen molar-refractivity contribution >= 4 is 49.6 Å². The van der Waals surface area contributed by atoms with Gasteiger partial charge >= 0.3 is 0 Å². The monoisotopic (exact) mass is 644 g/mol. The summed E-state index contributed by atoms with van der Waals surface area (Å²) in [5.41, 5.74) is -9.59. The summed E-state index contributed by atoms with van der Waals surface area (Å²) >= 11 is 0. The molecule has 0 radical (unpaired) electrons. The number of nitrogens with zero attached hydrogens (tertiary/aromatic N) is 2. The lowest BCUT2D eigenvalue weighted by Gasteiger charge is -2.28. The van der Waals surface area contributed by atoms with Crippen LogP contribution in [0.2, 0.25) is 0 Å². The fourth-order valence-electron chi connectivity index (χ4n) is 5.01. The van der Waals surface area contributed by atoms with E-state index in [0.717, 1.165) is 0 Å². The number of fused-ring (bicyclic) bond motifs is 4. The molecule has 0 bridgehead atoms. The van der Waals surface area contributed by atoms with Gasteiger partial charge in [-0.1, -0.05) is 133 Å². The Bertz CT molecular complexity index is 4310. The van der Waals surface area contributed by atoms with Gasteiger partial charge in [-0.25, -0.2) is 0 Å². The number of hydrogen-bond acceptors (Lipinski definition) is 1. The van der Waals surface area contributed by atoms with Gasteiger partial charge < -0.3 is 9.47 Å². The topological polar surface area (TPSA) is 8.17 Å². The zero-order valence-corrected chi connectivity index (χ0v) is 23.9. The van der Waals surface area contributed by atoms with Crippen molar-refractivity contribution in [1.82, 2.24) is 4.57 Å². The molecule has 9 rings (SSSR count). The largest absolute Gasteiger partial charge is 0.310 e. The van der Waals surface area contributed by atoms with Gasteiger partial charge in [-0.15, -0.1) is 0 Å². The summed E-state index contributed by atoms with van der Waals surface area (Å²) in [5.74, 6) is 0. The molecule has 0 N–H and O–H groups in total. The van der Waals surface area contributed by atoms with Crippen molar-refractivity contribution in [3.8, 4) is 27.9 Å². The minimum Gasteiger partial charge on any atom is -0.310 e. The summed E-state index contributed by atoms with van der Waals surface area (Å²) in [5, 5.41) is -2.56. The minimum atomic E-state index is -1.33. The molecule has 0 unspecified atom stereocenters. The van der Waals surface area contributed by atoms with Crippen LogP contribution in [-0.4, -0.2) is 4.57 Å². The predicted molar refractivity (Wildman–Crippen MR) is 204 cm³/mol. The Morgan fingerprint density at radius 3 is 1.85 bits per heavy atom. The van der Waals surface area contributed by atoms with Gasteiger partial charge in [0.15, 0.2) is 0 Å². The molecule has 0 aliphatic rings. The Morgan fingerprint density at radius 1 is 0.396 bits per heavy atom. The molecule has 9 aromatic rings. The van der Waals surface area contributed by atoms with Crippen molar-refractivity contribution in [1.29, 1.82) is 0 Å². The van der Waals surface area contributed by atoms with Crippen molar-refractivity contribution in [3.63, 3.8) is 0 Å². The molecule has 8 aromatic carbocycles. The number of benzene rings is 8. The molecule has 0 amide bonds. The molecular weight excluding hydrogens is 581 g/mol. The third-order valence-electron chi connectivity index (χ3n) is 7.06. The Labute approximate surface area is 325 Å². The highest BCUT2D eigenvalue weighted by molar-refractivity contribution is 6.10. The Kier molecular flexibility index (Phi) is 2.53. The molecule has 0 aliphatic heterocycles. The van der Waals surface area contributed by atoms with Crippen LogP contribution in [0.1, 0.15) is 43.9 Å². The lowest BCUT2D eigenvalue weighted by Crippen LogP contribution is -2.11. The van der Waals surface area contributed by atoms with E-state index in [1.807, 2.05) is 0 Å². The number of rotatable bonds is 6. The van der Waals surface area contributed by atoms with E-state index in [9.17, 15) is 12.3 Å². The molecular formula is C46H32N2. The van der Waals surface area contributed by atoms with Crippen LogP contribution in [0.3, 0.4) is 0 Å². The second-order valence-corrected chi connectivity index (χ2v) is 9.76. The summed E-state index contributed by atoms with van der Waals surface area (Å²) in [4.78, 5) is 0.312. The normalized spacial score (nSPS) is 20.7. The van der Waals surface area contributed by atoms with Crippen molar-refractivity contribution in [2.24, 2.45) is 0 Å². The van der Waals surface area contributed by atoms with Gasteiger partial charge in [0, 0.05) is 33.4 Å². The standard InChI is InChI=1S/C46H32N2/c1-3-14-35(15-4-1)41-19-9-11-21-44(41)47(38-17-5-2-6-18-38)39-27-23-34(24-28-39)37-26-30-46-43(32-37)42-20-10-12-22-45(42)48(46)40-29-25-33-13-7-8-16-36(33)31-40/h1-32H/i1D,2D,3D,4D,5D,6D,7D,8D,9D,10D,11D,12D,13D,14D,15D,16D,17D,18D,19D,20D,21D,22D,23D,24D,25D,26D,27D,28D,29D,30D,31D,32D. The van der Waals surface area contributed by atoms with Crippen molar-refractivity contribution in [2.45, 2.75) is 0 Å². The first-order valence-corrected chi connectivity index (χ1v) is 13.8. The van der Waals surface area contributed by atoms with E-state index in [1.54, 1.807) is 0 Å². The summed E-state index contributed by atoms with van der Waals surface area (Å²) in [6.45, 7) is 0. The van der Waals surface area contributed by atoms with Crippen molar-refractivity contribution in [3.05, 3.63) is 193 Å². The lowest BCUT2D eigenvalue weighted by atomic mass is 10.0. The summed E-state index contributed by atoms with van der Waals surface area (Å²) < 4.78 is 286. The van der Waals surface area contributed by atoms with Gasteiger partial charge in [0.1, 0.15) is 0 Å². The van der Waals surface area contributed by atoms with Crippen LogP contribution >= 0.6 is 0 Å². The number of hydrogen-bond donors (Lipinski definition) is 0. The fraction of sp³-hybridized carbons (Fsp3) is 0. The number of para-hydroxylation sites is 3. The average Bonchev–Trinajstić information content (AvgIpc) is 3.78. The molecule has 1 aromatic heterocycles. The quantitative estimate of drug-likeness (QED) is 0.175. The first-order chi connectivity index (χ1) is 37.1. The Hall–Kier alpha value is -6.38. The molecule has 0 saturated carbocycles. The van der Waals surface area contributed by atoms with Crippen LogP contribution in [-0.2, 0) is 0 Å². The van der Waals surface area contributed by atoms with E-state index in [2.05, 4.69) is 0 Å². The highest BCUT2D eigenvalue weighted by atomic mass is 15.1. The molecule has 2 heteroatoms. The van der Waals surface area contributed by atoms with E-state index in [1.165, 1.54) is 0 Å². The van der Waals surface area contributed by atoms with Crippen molar-refractivity contribution in [2.75, 3.05) is 4.90 Å². The van der Waals surface area contributed by atoms with Crippen LogP contribution in [0.5, 0.6) is 0 Å². The molecule has 2 nitrogen and oxygen atoms in total. The maximum absolute atomic E-state index is 9.76. The molecule has 0 saturated heterocycles. The van der Waals surface area contributed by atoms with E-state index in [0.29, 0.717) is 9.47 Å². The summed E-state index contributed by atoms with van der Waals surface area (Å²) in [6.07, 6.45) is 0.